The van der Waals surface area contributed by atoms with E-state index in [1.807, 2.05) is 17.0 Å². The largest absolute Gasteiger partial charge is 0.497 e. The Bertz CT molecular complexity index is 1090. The van der Waals surface area contributed by atoms with Crippen molar-refractivity contribution in [1.82, 2.24) is 15.5 Å². The molecule has 4 rings (SSSR count). The first kappa shape index (κ1) is 22.1. The van der Waals surface area contributed by atoms with E-state index in [-0.39, 0.29) is 12.5 Å². The van der Waals surface area contributed by atoms with Crippen LogP contribution in [0.4, 0.5) is 16.2 Å². The van der Waals surface area contributed by atoms with Gasteiger partial charge in [-0.3, -0.25) is 19.3 Å². The van der Waals surface area contributed by atoms with E-state index in [1.54, 1.807) is 50.4 Å². The number of hydrogen-bond acceptors (Lipinski definition) is 6. The highest BCUT2D eigenvalue weighted by molar-refractivity contribution is 6.10. The number of hydrogen-bond donors (Lipinski definition) is 3. The van der Waals surface area contributed by atoms with Crippen LogP contribution < -0.4 is 25.6 Å². The summed E-state index contributed by atoms with van der Waals surface area (Å²) < 4.78 is 5.13. The van der Waals surface area contributed by atoms with Crippen molar-refractivity contribution < 1.29 is 23.9 Å². The fraction of sp³-hybridized carbons (Fsp3) is 0.304. The van der Waals surface area contributed by atoms with Gasteiger partial charge in [0.05, 0.1) is 13.7 Å². The van der Waals surface area contributed by atoms with E-state index in [4.69, 9.17) is 4.74 Å². The second-order valence-electron chi connectivity index (χ2n) is 8.04. The maximum atomic E-state index is 13.0. The molecule has 2 heterocycles. The Kier molecular flexibility index (Phi) is 5.91. The number of methoxy groups -OCH3 is 1. The van der Waals surface area contributed by atoms with Crippen molar-refractivity contribution in [2.45, 2.75) is 12.5 Å². The number of rotatable bonds is 6. The third-order valence-corrected chi connectivity index (χ3v) is 5.80. The van der Waals surface area contributed by atoms with Gasteiger partial charge in [-0.2, -0.15) is 0 Å². The van der Waals surface area contributed by atoms with Gasteiger partial charge in [0.1, 0.15) is 17.8 Å². The molecular weight excluding hydrogens is 426 g/mol. The molecule has 10 heteroatoms. The number of amides is 5. The Balaban J connectivity index is 1.39. The Morgan fingerprint density at radius 3 is 2.42 bits per heavy atom. The first-order valence-electron chi connectivity index (χ1n) is 10.5. The van der Waals surface area contributed by atoms with Crippen LogP contribution >= 0.6 is 0 Å². The van der Waals surface area contributed by atoms with Crippen molar-refractivity contribution in [3.05, 3.63) is 54.1 Å². The minimum Gasteiger partial charge on any atom is -0.497 e. The molecule has 2 saturated heterocycles. The van der Waals surface area contributed by atoms with Crippen molar-refractivity contribution in [3.8, 4) is 5.75 Å². The van der Waals surface area contributed by atoms with Crippen LogP contribution in [-0.4, -0.2) is 61.9 Å². The number of anilines is 2. The Hall–Kier alpha value is -4.08. The molecule has 1 unspecified atom stereocenters. The van der Waals surface area contributed by atoms with Crippen LogP contribution in [-0.2, 0) is 19.9 Å². The predicted octanol–water partition coefficient (Wildman–Crippen LogP) is 1.04. The van der Waals surface area contributed by atoms with Gasteiger partial charge in [-0.15, -0.1) is 0 Å². The standard InChI is InChI=1S/C23H25N5O5/c1-23(15-3-9-18(33-2)10-4-15)21(31)28(22(32)26-23)14-20(30)25-16-5-7-17(8-6-16)27-12-11-24-19(29)13-27/h3-10H,11-14H2,1-2H3,(H,24,29)(H,25,30)(H,26,32). The molecule has 0 saturated carbocycles. The lowest BCUT2D eigenvalue weighted by molar-refractivity contribution is -0.133. The van der Waals surface area contributed by atoms with Crippen molar-refractivity contribution in [1.29, 1.82) is 0 Å². The summed E-state index contributed by atoms with van der Waals surface area (Å²) in [6.45, 7) is 2.76. The zero-order chi connectivity index (χ0) is 23.6. The number of nitrogens with one attached hydrogen (secondary N) is 3. The first-order valence-corrected chi connectivity index (χ1v) is 10.5. The average molecular weight is 451 g/mol. The molecule has 10 nitrogen and oxygen atoms in total. The van der Waals surface area contributed by atoms with Crippen LogP contribution in [0.15, 0.2) is 48.5 Å². The molecule has 0 aromatic heterocycles. The normalized spacial score (nSPS) is 20.4. The SMILES string of the molecule is COc1ccc(C2(C)NC(=O)N(CC(=O)Nc3ccc(N4CCNC(=O)C4)cc3)C2=O)cc1. The van der Waals surface area contributed by atoms with Crippen molar-refractivity contribution >= 4 is 35.1 Å². The predicted molar refractivity (Wildman–Crippen MR) is 121 cm³/mol. The maximum Gasteiger partial charge on any atom is 0.325 e. The van der Waals surface area contributed by atoms with E-state index in [2.05, 4.69) is 16.0 Å². The quantitative estimate of drug-likeness (QED) is 0.565. The third kappa shape index (κ3) is 4.45. The molecule has 0 bridgehead atoms. The van der Waals surface area contributed by atoms with Crippen LogP contribution in [0.5, 0.6) is 5.75 Å². The second-order valence-corrected chi connectivity index (χ2v) is 8.04. The molecule has 2 aliphatic rings. The van der Waals surface area contributed by atoms with E-state index in [0.717, 1.165) is 10.6 Å². The maximum absolute atomic E-state index is 13.0. The summed E-state index contributed by atoms with van der Waals surface area (Å²) in [7, 11) is 1.54. The number of carbonyl (C=O) groups excluding carboxylic acids is 4. The zero-order valence-corrected chi connectivity index (χ0v) is 18.4. The molecule has 0 radical (unpaired) electrons. The van der Waals surface area contributed by atoms with Crippen molar-refractivity contribution in [3.63, 3.8) is 0 Å². The minimum absolute atomic E-state index is 0.0335. The van der Waals surface area contributed by atoms with E-state index in [1.165, 1.54) is 0 Å². The number of urea groups is 1. The summed E-state index contributed by atoms with van der Waals surface area (Å²) in [4.78, 5) is 52.5. The molecule has 1 atom stereocenters. The van der Waals surface area contributed by atoms with Crippen molar-refractivity contribution in [2.24, 2.45) is 0 Å². The third-order valence-electron chi connectivity index (χ3n) is 5.80. The average Bonchev–Trinajstić information content (AvgIpc) is 3.03. The van der Waals surface area contributed by atoms with Gasteiger partial charge in [0.2, 0.25) is 11.8 Å². The number of carbonyl (C=O) groups is 4. The highest BCUT2D eigenvalue weighted by Gasteiger charge is 2.49. The monoisotopic (exact) mass is 451 g/mol. The lowest BCUT2D eigenvalue weighted by Crippen LogP contribution is -2.47. The van der Waals surface area contributed by atoms with Gasteiger partial charge in [-0.25, -0.2) is 4.79 Å². The molecule has 2 aromatic rings. The molecule has 33 heavy (non-hydrogen) atoms. The molecule has 3 N–H and O–H groups in total. The van der Waals surface area contributed by atoms with E-state index in [9.17, 15) is 19.2 Å². The second kappa shape index (κ2) is 8.81. The molecule has 0 aliphatic carbocycles. The van der Waals surface area contributed by atoms with E-state index < -0.39 is 29.9 Å². The lowest BCUT2D eigenvalue weighted by atomic mass is 9.92. The van der Waals surface area contributed by atoms with Gasteiger partial charge >= 0.3 is 6.03 Å². The van der Waals surface area contributed by atoms with Crippen LogP contribution in [0.3, 0.4) is 0 Å². The highest BCUT2D eigenvalue weighted by atomic mass is 16.5. The molecule has 0 spiro atoms. The minimum atomic E-state index is -1.27. The molecule has 2 aromatic carbocycles. The fourth-order valence-corrected chi connectivity index (χ4v) is 3.92. The molecular formula is C23H25N5O5. The van der Waals surface area contributed by atoms with Gasteiger partial charge < -0.3 is 25.6 Å². The van der Waals surface area contributed by atoms with E-state index in [0.29, 0.717) is 30.1 Å². The summed E-state index contributed by atoms with van der Waals surface area (Å²) in [6.07, 6.45) is 0. The molecule has 2 fully saturated rings. The summed E-state index contributed by atoms with van der Waals surface area (Å²) in [5.41, 5.74) is 0.709. The van der Waals surface area contributed by atoms with Crippen molar-refractivity contribution in [2.75, 3.05) is 43.5 Å². The number of benzene rings is 2. The smallest absolute Gasteiger partial charge is 0.325 e. The molecule has 2 aliphatic heterocycles. The lowest BCUT2D eigenvalue weighted by Gasteiger charge is -2.28. The van der Waals surface area contributed by atoms with Gasteiger partial charge in [-0.05, 0) is 48.9 Å². The van der Waals surface area contributed by atoms with Crippen LogP contribution in [0.1, 0.15) is 12.5 Å². The number of nitrogens with zero attached hydrogens (tertiary/aromatic N) is 2. The summed E-state index contributed by atoms with van der Waals surface area (Å²) in [6, 6.07) is 13.2. The highest BCUT2D eigenvalue weighted by Crippen LogP contribution is 2.30. The first-order chi connectivity index (χ1) is 15.8. The van der Waals surface area contributed by atoms with E-state index >= 15 is 0 Å². The number of imide groups is 1. The Morgan fingerprint density at radius 1 is 1.09 bits per heavy atom. The van der Waals surface area contributed by atoms with Crippen LogP contribution in [0.2, 0.25) is 0 Å². The molecule has 172 valence electrons. The summed E-state index contributed by atoms with van der Waals surface area (Å²) in [5, 5.41) is 8.16. The number of ether oxygens (including phenoxy) is 1. The van der Waals surface area contributed by atoms with Crippen LogP contribution in [0.25, 0.3) is 0 Å². The summed E-state index contributed by atoms with van der Waals surface area (Å²) >= 11 is 0. The van der Waals surface area contributed by atoms with Crippen LogP contribution in [0, 0.1) is 0 Å². The van der Waals surface area contributed by atoms with Gasteiger partial charge in [0.15, 0.2) is 0 Å². The Labute approximate surface area is 190 Å². The Morgan fingerprint density at radius 2 is 1.79 bits per heavy atom. The van der Waals surface area contributed by atoms with Gasteiger partial charge in [0.25, 0.3) is 5.91 Å². The van der Waals surface area contributed by atoms with Gasteiger partial charge in [0, 0.05) is 24.5 Å². The fourth-order valence-electron chi connectivity index (χ4n) is 3.92. The number of piperazine rings is 1. The summed E-state index contributed by atoms with van der Waals surface area (Å²) in [5.74, 6) is -0.409. The van der Waals surface area contributed by atoms with Gasteiger partial charge in [-0.1, -0.05) is 12.1 Å². The topological polar surface area (TPSA) is 120 Å². The zero-order valence-electron chi connectivity index (χ0n) is 18.4. The molecule has 5 amide bonds.